The molecule has 0 aliphatic rings. The highest BCUT2D eigenvalue weighted by Gasteiger charge is 2.26. The molecule has 0 saturated carbocycles. The number of hydrogen-bond donors (Lipinski definition) is 1. The second kappa shape index (κ2) is 5.13. The Morgan fingerprint density at radius 3 is 2.00 bits per heavy atom. The van der Waals surface area contributed by atoms with Gasteiger partial charge in [-0.15, -0.1) is 0 Å². The minimum absolute atomic E-state index is 0.124. The van der Waals surface area contributed by atoms with Crippen LogP contribution >= 0.6 is 0 Å². The van der Waals surface area contributed by atoms with Gasteiger partial charge in [0, 0.05) is 7.11 Å². The van der Waals surface area contributed by atoms with Crippen LogP contribution in [0, 0.1) is 5.92 Å². The molecular formula is C12H26O2. The van der Waals surface area contributed by atoms with E-state index >= 15 is 0 Å². The topological polar surface area (TPSA) is 29.5 Å². The molecular weight excluding hydrogens is 176 g/mol. The summed E-state index contributed by atoms with van der Waals surface area (Å²) >= 11 is 0. The van der Waals surface area contributed by atoms with Gasteiger partial charge in [0.2, 0.25) is 0 Å². The molecule has 1 unspecified atom stereocenters. The van der Waals surface area contributed by atoms with Gasteiger partial charge in [0.1, 0.15) is 0 Å². The summed E-state index contributed by atoms with van der Waals surface area (Å²) in [6.07, 6.45) is 2.54. The van der Waals surface area contributed by atoms with Crippen molar-refractivity contribution in [3.8, 4) is 0 Å². The molecule has 2 nitrogen and oxygen atoms in total. The van der Waals surface area contributed by atoms with Crippen LogP contribution in [0.4, 0.5) is 0 Å². The lowest BCUT2D eigenvalue weighted by Crippen LogP contribution is -2.31. The average molecular weight is 202 g/mol. The highest BCUT2D eigenvalue weighted by Crippen LogP contribution is 2.26. The van der Waals surface area contributed by atoms with Crippen LogP contribution in [-0.2, 0) is 4.74 Å². The standard InChI is InChI=1S/C12H26O2/c1-10(2)9-12(5,13)8-7-11(3,4)14-6/h10,13H,7-9H2,1-6H3. The molecule has 2 heteroatoms. The Balaban J connectivity index is 3.98. The van der Waals surface area contributed by atoms with Crippen molar-refractivity contribution in [2.45, 2.75) is 65.1 Å². The Kier molecular flexibility index (Phi) is 5.10. The number of ether oxygens (including phenoxy) is 1. The Morgan fingerprint density at radius 2 is 1.64 bits per heavy atom. The molecule has 0 fully saturated rings. The maximum atomic E-state index is 10.1. The van der Waals surface area contributed by atoms with Crippen LogP contribution in [0.1, 0.15) is 53.9 Å². The molecule has 0 amide bonds. The molecule has 0 aromatic carbocycles. The van der Waals surface area contributed by atoms with E-state index in [-0.39, 0.29) is 5.60 Å². The summed E-state index contributed by atoms with van der Waals surface area (Å²) in [6, 6.07) is 0. The predicted octanol–water partition coefficient (Wildman–Crippen LogP) is 2.99. The van der Waals surface area contributed by atoms with Crippen LogP contribution in [0.3, 0.4) is 0 Å². The van der Waals surface area contributed by atoms with E-state index < -0.39 is 5.60 Å². The molecule has 0 aromatic rings. The number of hydrogen-bond acceptors (Lipinski definition) is 2. The van der Waals surface area contributed by atoms with E-state index in [4.69, 9.17) is 4.74 Å². The van der Waals surface area contributed by atoms with E-state index in [2.05, 4.69) is 27.7 Å². The fraction of sp³-hybridized carbons (Fsp3) is 1.00. The highest BCUT2D eigenvalue weighted by atomic mass is 16.5. The number of aliphatic hydroxyl groups is 1. The Morgan fingerprint density at radius 1 is 1.14 bits per heavy atom. The Bertz CT molecular complexity index is 160. The van der Waals surface area contributed by atoms with Gasteiger partial charge in [-0.3, -0.25) is 0 Å². The van der Waals surface area contributed by atoms with Crippen LogP contribution < -0.4 is 0 Å². The number of methoxy groups -OCH3 is 1. The van der Waals surface area contributed by atoms with Crippen molar-refractivity contribution in [3.05, 3.63) is 0 Å². The lowest BCUT2D eigenvalue weighted by Gasteiger charge is -2.30. The van der Waals surface area contributed by atoms with Gasteiger partial charge in [-0.1, -0.05) is 13.8 Å². The molecule has 86 valence electrons. The van der Waals surface area contributed by atoms with Crippen molar-refractivity contribution in [1.29, 1.82) is 0 Å². The quantitative estimate of drug-likeness (QED) is 0.717. The van der Waals surface area contributed by atoms with Crippen LogP contribution in [0.2, 0.25) is 0 Å². The lowest BCUT2D eigenvalue weighted by molar-refractivity contribution is -0.0262. The first kappa shape index (κ1) is 13.9. The summed E-state index contributed by atoms with van der Waals surface area (Å²) in [6.45, 7) is 10.3. The van der Waals surface area contributed by atoms with Gasteiger partial charge in [-0.25, -0.2) is 0 Å². The summed E-state index contributed by atoms with van der Waals surface area (Å²) < 4.78 is 5.33. The average Bonchev–Trinajstić information content (AvgIpc) is 1.99. The van der Waals surface area contributed by atoms with Gasteiger partial charge in [0.15, 0.2) is 0 Å². The fourth-order valence-corrected chi connectivity index (χ4v) is 1.65. The zero-order valence-corrected chi connectivity index (χ0v) is 10.6. The van der Waals surface area contributed by atoms with E-state index in [0.29, 0.717) is 5.92 Å². The van der Waals surface area contributed by atoms with Crippen LogP contribution in [0.5, 0.6) is 0 Å². The normalized spacial score (nSPS) is 17.1. The molecule has 0 bridgehead atoms. The molecule has 0 saturated heterocycles. The summed E-state index contributed by atoms with van der Waals surface area (Å²) in [4.78, 5) is 0. The highest BCUT2D eigenvalue weighted by molar-refractivity contribution is 4.79. The monoisotopic (exact) mass is 202 g/mol. The largest absolute Gasteiger partial charge is 0.390 e. The van der Waals surface area contributed by atoms with Crippen molar-refractivity contribution in [1.82, 2.24) is 0 Å². The van der Waals surface area contributed by atoms with E-state index in [1.165, 1.54) is 0 Å². The maximum Gasteiger partial charge on any atom is 0.0623 e. The van der Waals surface area contributed by atoms with Crippen molar-refractivity contribution < 1.29 is 9.84 Å². The Hall–Kier alpha value is -0.0800. The second-order valence-corrected chi connectivity index (χ2v) is 5.56. The maximum absolute atomic E-state index is 10.1. The third-order valence-corrected chi connectivity index (χ3v) is 2.67. The van der Waals surface area contributed by atoms with Gasteiger partial charge in [-0.2, -0.15) is 0 Å². The molecule has 0 aromatic heterocycles. The van der Waals surface area contributed by atoms with E-state index in [1.807, 2.05) is 6.92 Å². The molecule has 0 spiro atoms. The molecule has 0 aliphatic heterocycles. The molecule has 0 heterocycles. The SMILES string of the molecule is COC(C)(C)CCC(C)(O)CC(C)C. The lowest BCUT2D eigenvalue weighted by atomic mass is 9.86. The van der Waals surface area contributed by atoms with Crippen molar-refractivity contribution in [2.24, 2.45) is 5.92 Å². The van der Waals surface area contributed by atoms with E-state index in [1.54, 1.807) is 7.11 Å². The minimum atomic E-state index is -0.552. The van der Waals surface area contributed by atoms with Gasteiger partial charge in [0.25, 0.3) is 0 Å². The smallest absolute Gasteiger partial charge is 0.0623 e. The summed E-state index contributed by atoms with van der Waals surface area (Å²) in [5.41, 5.74) is -0.676. The van der Waals surface area contributed by atoms with Crippen molar-refractivity contribution >= 4 is 0 Å². The van der Waals surface area contributed by atoms with Gasteiger partial charge >= 0.3 is 0 Å². The van der Waals surface area contributed by atoms with Crippen LogP contribution in [0.25, 0.3) is 0 Å². The molecule has 1 N–H and O–H groups in total. The van der Waals surface area contributed by atoms with Crippen molar-refractivity contribution in [2.75, 3.05) is 7.11 Å². The Labute approximate surface area is 88.7 Å². The summed E-state index contributed by atoms with van der Waals surface area (Å²) in [7, 11) is 1.72. The van der Waals surface area contributed by atoms with Gasteiger partial charge in [-0.05, 0) is 46.0 Å². The van der Waals surface area contributed by atoms with Gasteiger partial charge < -0.3 is 9.84 Å². The van der Waals surface area contributed by atoms with Crippen LogP contribution in [0.15, 0.2) is 0 Å². The molecule has 1 atom stereocenters. The molecule has 0 radical (unpaired) electrons. The third-order valence-electron chi connectivity index (χ3n) is 2.67. The number of rotatable bonds is 6. The van der Waals surface area contributed by atoms with Gasteiger partial charge in [0.05, 0.1) is 11.2 Å². The second-order valence-electron chi connectivity index (χ2n) is 5.56. The zero-order valence-electron chi connectivity index (χ0n) is 10.6. The van der Waals surface area contributed by atoms with Crippen LogP contribution in [-0.4, -0.2) is 23.4 Å². The molecule has 0 aliphatic carbocycles. The zero-order chi connectivity index (χ0) is 11.4. The first-order valence-corrected chi connectivity index (χ1v) is 5.46. The minimum Gasteiger partial charge on any atom is -0.390 e. The third kappa shape index (κ3) is 6.39. The van der Waals surface area contributed by atoms with E-state index in [0.717, 1.165) is 19.3 Å². The predicted molar refractivity (Wildman–Crippen MR) is 60.4 cm³/mol. The first-order valence-electron chi connectivity index (χ1n) is 5.46. The molecule has 14 heavy (non-hydrogen) atoms. The summed E-state index contributed by atoms with van der Waals surface area (Å²) in [5, 5.41) is 10.1. The summed E-state index contributed by atoms with van der Waals surface area (Å²) in [5.74, 6) is 0.538. The fourth-order valence-electron chi connectivity index (χ4n) is 1.65. The molecule has 0 rings (SSSR count). The van der Waals surface area contributed by atoms with Crippen molar-refractivity contribution in [3.63, 3.8) is 0 Å². The van der Waals surface area contributed by atoms with E-state index in [9.17, 15) is 5.11 Å². The first-order chi connectivity index (χ1) is 6.18.